The first-order valence-corrected chi connectivity index (χ1v) is 10.4. The number of hydrogen-bond acceptors (Lipinski definition) is 1. The number of rotatable bonds is 10. The van der Waals surface area contributed by atoms with E-state index in [0.29, 0.717) is 23.8 Å². The molecule has 158 valence electrons. The van der Waals surface area contributed by atoms with Gasteiger partial charge in [0.15, 0.2) is 0 Å². The summed E-state index contributed by atoms with van der Waals surface area (Å²) in [6.07, 6.45) is 3.66. The number of alkyl halides is 2. The second-order valence-corrected chi connectivity index (χ2v) is 7.55. The Morgan fingerprint density at radius 3 is 2.40 bits per heavy atom. The fourth-order valence-electron chi connectivity index (χ4n) is 3.46. The van der Waals surface area contributed by atoms with E-state index in [1.807, 2.05) is 0 Å². The van der Waals surface area contributed by atoms with Crippen LogP contribution >= 0.6 is 0 Å². The molecule has 0 aliphatic rings. The number of fused-ring (bicyclic) bond motifs is 1. The summed E-state index contributed by atoms with van der Waals surface area (Å²) in [7, 11) is 0. The van der Waals surface area contributed by atoms with Crippen molar-refractivity contribution in [1.82, 2.24) is 0 Å². The second kappa shape index (κ2) is 9.84. The molecule has 30 heavy (non-hydrogen) atoms. The predicted molar refractivity (Wildman–Crippen MR) is 117 cm³/mol. The highest BCUT2D eigenvalue weighted by Gasteiger charge is 2.34. The van der Waals surface area contributed by atoms with Crippen LogP contribution in [-0.2, 0) is 19.0 Å². The molecule has 0 aliphatic heterocycles. The average Bonchev–Trinajstić information content (AvgIpc) is 2.72. The van der Waals surface area contributed by atoms with E-state index in [-0.39, 0.29) is 17.1 Å². The Balaban J connectivity index is 1.76. The van der Waals surface area contributed by atoms with Gasteiger partial charge in [0.25, 0.3) is 0 Å². The van der Waals surface area contributed by atoms with Crippen molar-refractivity contribution in [1.29, 1.82) is 0 Å². The quantitative estimate of drug-likeness (QED) is 0.242. The summed E-state index contributed by atoms with van der Waals surface area (Å²) in [6, 6.07) is 14.0. The molecule has 0 N–H and O–H groups in total. The molecule has 0 aromatic heterocycles. The van der Waals surface area contributed by atoms with Gasteiger partial charge in [-0.2, -0.15) is 8.78 Å². The van der Waals surface area contributed by atoms with Crippen molar-refractivity contribution in [2.24, 2.45) is 0 Å². The molecule has 3 aromatic carbocycles. The Morgan fingerprint density at radius 1 is 0.933 bits per heavy atom. The SMILES string of the molecule is C=CCCc1cc2ccc(OC(F)(F)c3ccc(CCCCC)cc3)cc2cc1F. The van der Waals surface area contributed by atoms with Crippen LogP contribution in [0.15, 0.2) is 67.3 Å². The van der Waals surface area contributed by atoms with E-state index < -0.39 is 6.11 Å². The zero-order chi connectivity index (χ0) is 21.6. The third-order valence-electron chi connectivity index (χ3n) is 5.20. The monoisotopic (exact) mass is 412 g/mol. The lowest BCUT2D eigenvalue weighted by Gasteiger charge is -2.19. The lowest BCUT2D eigenvalue weighted by Crippen LogP contribution is -2.21. The first-order chi connectivity index (χ1) is 14.4. The molecule has 1 nitrogen and oxygen atoms in total. The standard InChI is InChI=1S/C26H27F3O/c1-3-5-7-8-19-10-13-23(14-11-19)26(28,29)30-24-15-12-20-16-21(9-6-4-2)25(27)18-22(20)17-24/h4,10-18H,2-3,5-9H2,1H3. The first kappa shape index (κ1) is 21.9. The van der Waals surface area contributed by atoms with Crippen LogP contribution in [0, 0.1) is 5.82 Å². The van der Waals surface area contributed by atoms with E-state index >= 15 is 0 Å². The van der Waals surface area contributed by atoms with Crippen LogP contribution < -0.4 is 4.74 Å². The zero-order valence-electron chi connectivity index (χ0n) is 17.3. The topological polar surface area (TPSA) is 9.23 Å². The van der Waals surface area contributed by atoms with Crippen molar-refractivity contribution >= 4 is 10.8 Å². The lowest BCUT2D eigenvalue weighted by atomic mass is 10.0. The summed E-state index contributed by atoms with van der Waals surface area (Å²) >= 11 is 0. The van der Waals surface area contributed by atoms with Gasteiger partial charge in [-0.25, -0.2) is 4.39 Å². The normalized spacial score (nSPS) is 11.6. The van der Waals surface area contributed by atoms with Gasteiger partial charge in [-0.05, 0) is 84.0 Å². The summed E-state index contributed by atoms with van der Waals surface area (Å²) < 4.78 is 48.6. The van der Waals surface area contributed by atoms with Gasteiger partial charge in [0.2, 0.25) is 0 Å². The van der Waals surface area contributed by atoms with Crippen LogP contribution in [0.3, 0.4) is 0 Å². The van der Waals surface area contributed by atoms with Gasteiger partial charge in [0, 0.05) is 0 Å². The summed E-state index contributed by atoms with van der Waals surface area (Å²) in [6.45, 7) is 5.78. The highest BCUT2D eigenvalue weighted by atomic mass is 19.3. The molecule has 0 heterocycles. The molecule has 4 heteroatoms. The number of ether oxygens (including phenoxy) is 1. The van der Waals surface area contributed by atoms with E-state index in [4.69, 9.17) is 4.74 Å². The van der Waals surface area contributed by atoms with Crippen molar-refractivity contribution in [3.8, 4) is 5.75 Å². The van der Waals surface area contributed by atoms with Crippen molar-refractivity contribution in [2.75, 3.05) is 0 Å². The Morgan fingerprint density at radius 2 is 1.70 bits per heavy atom. The Hall–Kier alpha value is -2.75. The van der Waals surface area contributed by atoms with Crippen LogP contribution in [0.4, 0.5) is 13.2 Å². The van der Waals surface area contributed by atoms with Crippen molar-refractivity contribution in [3.05, 3.63) is 89.8 Å². The number of unbranched alkanes of at least 4 members (excludes halogenated alkanes) is 2. The number of aryl methyl sites for hydroxylation is 2. The van der Waals surface area contributed by atoms with Gasteiger partial charge in [-0.1, -0.05) is 44.0 Å². The van der Waals surface area contributed by atoms with Gasteiger partial charge < -0.3 is 4.74 Å². The second-order valence-electron chi connectivity index (χ2n) is 7.55. The summed E-state index contributed by atoms with van der Waals surface area (Å²) in [5, 5.41) is 1.30. The lowest BCUT2D eigenvalue weighted by molar-refractivity contribution is -0.185. The maximum Gasteiger partial charge on any atom is 0.426 e. The van der Waals surface area contributed by atoms with Crippen molar-refractivity contribution in [3.63, 3.8) is 0 Å². The fourth-order valence-corrected chi connectivity index (χ4v) is 3.46. The molecule has 0 aliphatic carbocycles. The van der Waals surface area contributed by atoms with Gasteiger partial charge in [0.05, 0.1) is 5.56 Å². The zero-order valence-corrected chi connectivity index (χ0v) is 17.3. The molecule has 0 saturated heterocycles. The molecule has 0 fully saturated rings. The molecule has 0 radical (unpaired) electrons. The Kier molecular flexibility index (Phi) is 7.20. The van der Waals surface area contributed by atoms with Crippen molar-refractivity contribution < 1.29 is 17.9 Å². The smallest absolute Gasteiger partial charge is 0.426 e. The molecular weight excluding hydrogens is 385 g/mol. The van der Waals surface area contributed by atoms with E-state index in [2.05, 4.69) is 13.5 Å². The minimum atomic E-state index is -3.47. The van der Waals surface area contributed by atoms with Crippen LogP contribution in [0.2, 0.25) is 0 Å². The summed E-state index contributed by atoms with van der Waals surface area (Å²) in [5.41, 5.74) is 1.42. The number of hydrogen-bond donors (Lipinski definition) is 0. The average molecular weight is 412 g/mol. The molecule has 0 saturated carbocycles. The van der Waals surface area contributed by atoms with Gasteiger partial charge in [-0.3, -0.25) is 0 Å². The number of halogens is 3. The molecule has 3 rings (SSSR count). The maximum atomic E-state index is 14.7. The molecule has 0 amide bonds. The molecule has 3 aromatic rings. The van der Waals surface area contributed by atoms with Crippen LogP contribution in [0.25, 0.3) is 10.8 Å². The van der Waals surface area contributed by atoms with E-state index in [1.54, 1.807) is 30.3 Å². The molecular formula is C26H27F3O. The number of benzene rings is 3. The third-order valence-corrected chi connectivity index (χ3v) is 5.20. The molecule has 0 atom stereocenters. The Bertz CT molecular complexity index is 993. The summed E-state index contributed by atoms with van der Waals surface area (Å²) in [4.78, 5) is 0. The fraction of sp³-hybridized carbons (Fsp3) is 0.308. The Labute approximate surface area is 176 Å². The molecule has 0 bridgehead atoms. The predicted octanol–water partition coefficient (Wildman–Crippen LogP) is 7.96. The van der Waals surface area contributed by atoms with Gasteiger partial charge in [0.1, 0.15) is 11.6 Å². The third kappa shape index (κ3) is 5.44. The summed E-state index contributed by atoms with van der Waals surface area (Å²) in [5.74, 6) is -0.357. The minimum absolute atomic E-state index is 0.00207. The minimum Gasteiger partial charge on any atom is -0.429 e. The van der Waals surface area contributed by atoms with Crippen molar-refractivity contribution in [2.45, 2.75) is 51.6 Å². The van der Waals surface area contributed by atoms with Crippen LogP contribution in [0.5, 0.6) is 5.75 Å². The number of allylic oxidation sites excluding steroid dienone is 1. The van der Waals surface area contributed by atoms with E-state index in [1.165, 1.54) is 30.3 Å². The molecule has 0 unspecified atom stereocenters. The van der Waals surface area contributed by atoms with Gasteiger partial charge >= 0.3 is 6.11 Å². The molecule has 0 spiro atoms. The highest BCUT2D eigenvalue weighted by Crippen LogP contribution is 2.33. The maximum absolute atomic E-state index is 14.7. The largest absolute Gasteiger partial charge is 0.429 e. The first-order valence-electron chi connectivity index (χ1n) is 10.4. The van der Waals surface area contributed by atoms with Crippen LogP contribution in [-0.4, -0.2) is 0 Å². The van der Waals surface area contributed by atoms with Crippen LogP contribution in [0.1, 0.15) is 49.3 Å². The highest BCUT2D eigenvalue weighted by molar-refractivity contribution is 5.84. The van der Waals surface area contributed by atoms with E-state index in [0.717, 1.165) is 36.6 Å². The van der Waals surface area contributed by atoms with E-state index in [9.17, 15) is 13.2 Å². The van der Waals surface area contributed by atoms with Gasteiger partial charge in [-0.15, -0.1) is 6.58 Å².